The van der Waals surface area contributed by atoms with E-state index in [0.29, 0.717) is 29.7 Å². The van der Waals surface area contributed by atoms with Crippen LogP contribution >= 0.6 is 11.3 Å². The van der Waals surface area contributed by atoms with Crippen LogP contribution in [0.25, 0.3) is 32.2 Å². The number of pyridine rings is 1. The van der Waals surface area contributed by atoms with Crippen molar-refractivity contribution in [2.45, 2.75) is 0 Å². The third kappa shape index (κ3) is 4.14. The Morgan fingerprint density at radius 1 is 1.03 bits per heavy atom. The number of rotatable bonds is 4. The molecule has 2 aromatic heterocycles. The molecule has 2 N–H and O–H groups in total. The number of nitrogens with zero attached hydrogens (tertiary/aromatic N) is 3. The number of thiazole rings is 1. The molecule has 0 aliphatic carbocycles. The smallest absolute Gasteiger partial charge is 0.254 e. The lowest BCUT2D eigenvalue weighted by molar-refractivity contribution is -0.123. The van der Waals surface area contributed by atoms with Crippen molar-refractivity contribution >= 4 is 55.6 Å². The molecule has 3 heterocycles. The third-order valence-corrected chi connectivity index (χ3v) is 7.01. The zero-order valence-corrected chi connectivity index (χ0v) is 19.8. The molecule has 9 heteroatoms. The fourth-order valence-electron chi connectivity index (χ4n) is 4.39. The van der Waals surface area contributed by atoms with Gasteiger partial charge in [0.1, 0.15) is 5.82 Å². The Bertz CT molecular complexity index is 1650. The minimum atomic E-state index is -0.507. The maximum Gasteiger partial charge on any atom is 0.254 e. The van der Waals surface area contributed by atoms with Crippen LogP contribution in [0, 0.1) is 5.82 Å². The lowest BCUT2D eigenvalue weighted by atomic mass is 10.0. The maximum absolute atomic E-state index is 15.1. The molecule has 36 heavy (non-hydrogen) atoms. The number of carbonyl (C=O) groups excluding carboxylic acids is 2. The summed E-state index contributed by atoms with van der Waals surface area (Å²) in [6, 6.07) is 17.9. The Balaban J connectivity index is 1.28. The van der Waals surface area contributed by atoms with Crippen LogP contribution in [0.15, 0.2) is 72.4 Å². The highest BCUT2D eigenvalue weighted by molar-refractivity contribution is 7.16. The fraction of sp³-hybridized carbons (Fsp3) is 0.111. The van der Waals surface area contributed by atoms with E-state index in [2.05, 4.69) is 20.6 Å². The fourth-order valence-corrected chi connectivity index (χ4v) is 5.05. The highest BCUT2D eigenvalue weighted by Gasteiger charge is 2.23. The Labute approximate surface area is 209 Å². The molecule has 1 aliphatic heterocycles. The zero-order chi connectivity index (χ0) is 24.6. The van der Waals surface area contributed by atoms with Crippen LogP contribution in [-0.4, -0.2) is 46.3 Å². The average molecular weight is 498 g/mol. The number of halogens is 1. The van der Waals surface area contributed by atoms with Crippen molar-refractivity contribution in [1.82, 2.24) is 20.2 Å². The van der Waals surface area contributed by atoms with Crippen molar-refractivity contribution in [2.75, 3.05) is 25.0 Å². The van der Waals surface area contributed by atoms with E-state index in [1.54, 1.807) is 29.7 Å². The summed E-state index contributed by atoms with van der Waals surface area (Å²) in [5.74, 6) is -1.08. The zero-order valence-electron chi connectivity index (χ0n) is 19.0. The summed E-state index contributed by atoms with van der Waals surface area (Å²) >= 11 is 1.60. The Hall–Kier alpha value is -4.37. The van der Waals surface area contributed by atoms with Crippen molar-refractivity contribution in [3.8, 4) is 11.1 Å². The first-order valence-corrected chi connectivity index (χ1v) is 12.3. The van der Waals surface area contributed by atoms with E-state index in [-0.39, 0.29) is 23.9 Å². The van der Waals surface area contributed by atoms with Gasteiger partial charge in [-0.1, -0.05) is 18.2 Å². The van der Waals surface area contributed by atoms with E-state index in [1.807, 2.05) is 48.0 Å². The van der Waals surface area contributed by atoms with E-state index in [9.17, 15) is 9.59 Å². The standard InChI is InChI=1S/C27H20FN5O2S/c28-21-11-17(27(35)33-10-9-30-26(34)14-33)2-4-19(21)16-1-5-20-22(7-8-29-23(20)12-16)32-18-3-6-25-24(13-18)31-15-36-25/h1-8,11-13,15H,9-10,14H2,(H,29,32)(H,30,34). The number of aromatic nitrogens is 2. The van der Waals surface area contributed by atoms with Gasteiger partial charge in [-0.25, -0.2) is 9.37 Å². The predicted molar refractivity (Wildman–Crippen MR) is 139 cm³/mol. The normalized spacial score (nSPS) is 13.7. The topological polar surface area (TPSA) is 87.2 Å². The molecule has 178 valence electrons. The number of fused-ring (bicyclic) bond motifs is 2. The first-order valence-electron chi connectivity index (χ1n) is 11.4. The maximum atomic E-state index is 15.1. The third-order valence-electron chi connectivity index (χ3n) is 6.20. The second-order valence-corrected chi connectivity index (χ2v) is 9.41. The number of hydrogen-bond donors (Lipinski definition) is 2. The van der Waals surface area contributed by atoms with Crippen LogP contribution < -0.4 is 10.6 Å². The van der Waals surface area contributed by atoms with Crippen LogP contribution in [0.3, 0.4) is 0 Å². The first kappa shape index (κ1) is 22.1. The monoisotopic (exact) mass is 497 g/mol. The molecule has 0 unspecified atom stereocenters. The molecule has 0 radical (unpaired) electrons. The molecule has 0 bridgehead atoms. The Morgan fingerprint density at radius 2 is 1.94 bits per heavy atom. The van der Waals surface area contributed by atoms with Gasteiger partial charge in [0.15, 0.2) is 0 Å². The molecule has 0 atom stereocenters. The van der Waals surface area contributed by atoms with Gasteiger partial charge in [0, 0.05) is 47.2 Å². The number of amides is 2. The molecule has 6 rings (SSSR count). The van der Waals surface area contributed by atoms with Crippen LogP contribution in [0.1, 0.15) is 10.4 Å². The number of hydrogen-bond acceptors (Lipinski definition) is 6. The number of anilines is 2. The van der Waals surface area contributed by atoms with E-state index in [0.717, 1.165) is 27.0 Å². The lowest BCUT2D eigenvalue weighted by Gasteiger charge is -2.26. The largest absolute Gasteiger partial charge is 0.355 e. The van der Waals surface area contributed by atoms with Crippen molar-refractivity contribution in [2.24, 2.45) is 0 Å². The summed E-state index contributed by atoms with van der Waals surface area (Å²) in [6.07, 6.45) is 1.71. The highest BCUT2D eigenvalue weighted by Crippen LogP contribution is 2.32. The van der Waals surface area contributed by atoms with Gasteiger partial charge in [0.2, 0.25) is 5.91 Å². The average Bonchev–Trinajstić information content (AvgIpc) is 3.36. The van der Waals surface area contributed by atoms with Crippen LogP contribution in [0.5, 0.6) is 0 Å². The molecular formula is C27H20FN5O2S. The minimum Gasteiger partial charge on any atom is -0.355 e. The summed E-state index contributed by atoms with van der Waals surface area (Å²) in [6.45, 7) is 0.774. The molecule has 7 nitrogen and oxygen atoms in total. The first-order chi connectivity index (χ1) is 17.5. The molecule has 1 saturated heterocycles. The molecular weight excluding hydrogens is 477 g/mol. The molecule has 1 fully saturated rings. The summed E-state index contributed by atoms with van der Waals surface area (Å²) in [4.78, 5) is 34.6. The van der Waals surface area contributed by atoms with Crippen molar-refractivity contribution < 1.29 is 14.0 Å². The summed E-state index contributed by atoms with van der Waals surface area (Å²) in [7, 11) is 0. The molecule has 5 aromatic rings. The van der Waals surface area contributed by atoms with Gasteiger partial charge in [-0.15, -0.1) is 11.3 Å². The molecule has 0 saturated carbocycles. The van der Waals surface area contributed by atoms with Crippen LogP contribution in [-0.2, 0) is 4.79 Å². The SMILES string of the molecule is O=C1CN(C(=O)c2ccc(-c3ccc4c(Nc5ccc6scnc6c5)ccnc4c3)c(F)c2)CCN1. The quantitative estimate of drug-likeness (QED) is 0.366. The number of benzene rings is 3. The summed E-state index contributed by atoms with van der Waals surface area (Å²) in [5.41, 5.74) is 6.52. The van der Waals surface area contributed by atoms with Gasteiger partial charge < -0.3 is 15.5 Å². The van der Waals surface area contributed by atoms with Crippen LogP contribution in [0.2, 0.25) is 0 Å². The van der Waals surface area contributed by atoms with E-state index in [4.69, 9.17) is 0 Å². The molecule has 2 amide bonds. The molecule has 1 aliphatic rings. The van der Waals surface area contributed by atoms with Crippen molar-refractivity contribution in [3.05, 3.63) is 83.8 Å². The Kier molecular flexibility index (Phi) is 5.54. The second kappa shape index (κ2) is 9.01. The van der Waals surface area contributed by atoms with E-state index < -0.39 is 5.82 Å². The number of piperazine rings is 1. The van der Waals surface area contributed by atoms with E-state index >= 15 is 4.39 Å². The Morgan fingerprint density at radius 3 is 2.81 bits per heavy atom. The van der Waals surface area contributed by atoms with Gasteiger partial charge in [0.25, 0.3) is 5.91 Å². The van der Waals surface area contributed by atoms with Gasteiger partial charge in [0.05, 0.1) is 27.8 Å². The lowest BCUT2D eigenvalue weighted by Crippen LogP contribution is -2.49. The van der Waals surface area contributed by atoms with Gasteiger partial charge in [-0.2, -0.15) is 0 Å². The van der Waals surface area contributed by atoms with Gasteiger partial charge in [-0.05, 0) is 48.0 Å². The highest BCUT2D eigenvalue weighted by atomic mass is 32.1. The van der Waals surface area contributed by atoms with Crippen LogP contribution in [0.4, 0.5) is 15.8 Å². The predicted octanol–water partition coefficient (Wildman–Crippen LogP) is 4.97. The summed E-state index contributed by atoms with van der Waals surface area (Å²) < 4.78 is 16.2. The summed E-state index contributed by atoms with van der Waals surface area (Å²) in [5, 5.41) is 7.01. The van der Waals surface area contributed by atoms with Crippen molar-refractivity contribution in [3.63, 3.8) is 0 Å². The second-order valence-electron chi connectivity index (χ2n) is 8.52. The van der Waals surface area contributed by atoms with E-state index in [1.165, 1.54) is 11.0 Å². The van der Waals surface area contributed by atoms with Gasteiger partial charge >= 0.3 is 0 Å². The van der Waals surface area contributed by atoms with Gasteiger partial charge in [-0.3, -0.25) is 14.6 Å². The molecule has 3 aromatic carbocycles. The minimum absolute atomic E-state index is 0.0213. The number of carbonyl (C=O) groups is 2. The van der Waals surface area contributed by atoms with Crippen molar-refractivity contribution in [1.29, 1.82) is 0 Å². The number of nitrogens with one attached hydrogen (secondary N) is 2. The molecule has 0 spiro atoms.